The fourth-order valence-electron chi connectivity index (χ4n) is 4.75. The van der Waals surface area contributed by atoms with E-state index in [2.05, 4.69) is 21.2 Å². The van der Waals surface area contributed by atoms with E-state index in [1.807, 2.05) is 68.4 Å². The lowest BCUT2D eigenvalue weighted by atomic mass is 10.0. The van der Waals surface area contributed by atoms with Crippen LogP contribution in [0.3, 0.4) is 0 Å². The molecule has 0 radical (unpaired) electrons. The van der Waals surface area contributed by atoms with Gasteiger partial charge in [0.25, 0.3) is 15.7 Å². The third-order valence-electron chi connectivity index (χ3n) is 7.18. The molecule has 0 unspecified atom stereocenters. The second-order valence-electron chi connectivity index (χ2n) is 11.1. The van der Waals surface area contributed by atoms with Crippen molar-refractivity contribution >= 4 is 49.1 Å². The molecule has 4 aromatic carbocycles. The van der Waals surface area contributed by atoms with Gasteiger partial charge in [-0.25, -0.2) is 8.42 Å². The Morgan fingerprint density at radius 1 is 0.848 bits per heavy atom. The molecule has 0 aromatic heterocycles. The number of nitro benzene ring substituents is 1. The minimum absolute atomic E-state index is 0.0260. The Labute approximate surface area is 277 Å². The Kier molecular flexibility index (Phi) is 11.7. The van der Waals surface area contributed by atoms with Crippen LogP contribution in [0.4, 0.5) is 11.4 Å². The number of hydrogen-bond acceptors (Lipinski definition) is 6. The highest BCUT2D eigenvalue weighted by molar-refractivity contribution is 9.10. The highest BCUT2D eigenvalue weighted by Crippen LogP contribution is 2.27. The number of hydrogen-bond donors (Lipinski definition) is 1. The van der Waals surface area contributed by atoms with E-state index in [0.717, 1.165) is 19.9 Å². The largest absolute Gasteiger partial charge is 0.354 e. The molecule has 0 saturated heterocycles. The predicted molar refractivity (Wildman–Crippen MR) is 181 cm³/mol. The second kappa shape index (κ2) is 15.6. The number of non-ortho nitro benzene ring substituents is 1. The molecule has 240 valence electrons. The molecule has 0 fully saturated rings. The summed E-state index contributed by atoms with van der Waals surface area (Å²) in [5.74, 6) is -0.831. The molecule has 0 bridgehead atoms. The van der Waals surface area contributed by atoms with Crippen LogP contribution in [0.25, 0.3) is 0 Å². The van der Waals surface area contributed by atoms with Crippen molar-refractivity contribution in [1.82, 2.24) is 10.2 Å². The number of amides is 2. The van der Waals surface area contributed by atoms with Crippen molar-refractivity contribution < 1.29 is 22.9 Å². The standard InChI is InChI=1S/C34H35BrN4O6S/c1-25(2)22-36-34(41)32(21-26-9-5-3-6-10-26)37(23-27-13-15-28(35)16-14-27)33(40)24-38(29-17-19-30(20-18-29)39(42)43)46(44,45)31-11-7-4-8-12-31/h3-20,25,32H,21-24H2,1-2H3,(H,36,41)/t32-/m1/s1. The van der Waals surface area contributed by atoms with Gasteiger partial charge in [-0.2, -0.15) is 0 Å². The number of nitro groups is 1. The van der Waals surface area contributed by atoms with Gasteiger partial charge in [0.2, 0.25) is 11.8 Å². The number of carbonyl (C=O) groups excluding carboxylic acids is 2. The van der Waals surface area contributed by atoms with E-state index in [1.165, 1.54) is 41.3 Å². The fraction of sp³-hybridized carbons (Fsp3) is 0.235. The number of nitrogens with zero attached hydrogens (tertiary/aromatic N) is 3. The zero-order chi connectivity index (χ0) is 33.3. The number of anilines is 1. The molecule has 0 aliphatic heterocycles. The first kappa shape index (κ1) is 34.3. The van der Waals surface area contributed by atoms with Crippen molar-refractivity contribution in [3.63, 3.8) is 0 Å². The molecule has 0 saturated carbocycles. The van der Waals surface area contributed by atoms with E-state index in [-0.39, 0.29) is 41.1 Å². The average Bonchev–Trinajstić information content (AvgIpc) is 3.05. The summed E-state index contributed by atoms with van der Waals surface area (Å²) in [5.41, 5.74) is 1.40. The van der Waals surface area contributed by atoms with Crippen LogP contribution in [0.2, 0.25) is 0 Å². The summed E-state index contributed by atoms with van der Waals surface area (Å²) in [6.45, 7) is 3.69. The molecule has 4 rings (SSSR count). The summed E-state index contributed by atoms with van der Waals surface area (Å²) in [6.07, 6.45) is 0.190. The van der Waals surface area contributed by atoms with Crippen molar-refractivity contribution in [2.75, 3.05) is 17.4 Å². The third-order valence-corrected chi connectivity index (χ3v) is 9.50. The van der Waals surface area contributed by atoms with Gasteiger partial charge in [-0.1, -0.05) is 90.4 Å². The summed E-state index contributed by atoms with van der Waals surface area (Å²) < 4.78 is 29.8. The monoisotopic (exact) mass is 706 g/mol. The van der Waals surface area contributed by atoms with Crippen LogP contribution in [0.15, 0.2) is 119 Å². The minimum atomic E-state index is -4.31. The number of rotatable bonds is 14. The molecular weight excluding hydrogens is 672 g/mol. The number of nitrogens with one attached hydrogen (secondary N) is 1. The SMILES string of the molecule is CC(C)CNC(=O)[C@@H](Cc1ccccc1)N(Cc1ccc(Br)cc1)C(=O)CN(c1ccc([N+](=O)[O-])cc1)S(=O)(=O)c1ccccc1. The summed E-state index contributed by atoms with van der Waals surface area (Å²) in [6, 6.07) is 28.2. The maximum absolute atomic E-state index is 14.4. The van der Waals surface area contributed by atoms with Crippen LogP contribution in [0, 0.1) is 16.0 Å². The van der Waals surface area contributed by atoms with Crippen molar-refractivity contribution in [2.45, 2.75) is 37.8 Å². The quantitative estimate of drug-likeness (QED) is 0.127. The molecule has 46 heavy (non-hydrogen) atoms. The Balaban J connectivity index is 1.80. The van der Waals surface area contributed by atoms with Crippen molar-refractivity contribution in [3.05, 3.63) is 135 Å². The topological polar surface area (TPSA) is 130 Å². The van der Waals surface area contributed by atoms with Gasteiger partial charge in [-0.15, -0.1) is 0 Å². The van der Waals surface area contributed by atoms with Gasteiger partial charge < -0.3 is 10.2 Å². The van der Waals surface area contributed by atoms with Gasteiger partial charge in [0, 0.05) is 36.1 Å². The first-order valence-corrected chi connectivity index (χ1v) is 16.9. The van der Waals surface area contributed by atoms with E-state index in [4.69, 9.17) is 0 Å². The highest BCUT2D eigenvalue weighted by atomic mass is 79.9. The van der Waals surface area contributed by atoms with Crippen LogP contribution in [0.1, 0.15) is 25.0 Å². The van der Waals surface area contributed by atoms with Gasteiger partial charge >= 0.3 is 0 Å². The number of sulfonamides is 1. The summed E-state index contributed by atoms with van der Waals surface area (Å²) in [7, 11) is -4.31. The summed E-state index contributed by atoms with van der Waals surface area (Å²) in [5, 5.41) is 14.3. The third kappa shape index (κ3) is 9.01. The second-order valence-corrected chi connectivity index (χ2v) is 13.9. The van der Waals surface area contributed by atoms with Gasteiger partial charge in [0.1, 0.15) is 12.6 Å². The van der Waals surface area contributed by atoms with Crippen molar-refractivity contribution in [1.29, 1.82) is 0 Å². The van der Waals surface area contributed by atoms with E-state index in [9.17, 15) is 28.1 Å². The minimum Gasteiger partial charge on any atom is -0.354 e. The zero-order valence-corrected chi connectivity index (χ0v) is 27.9. The average molecular weight is 708 g/mol. The molecule has 0 spiro atoms. The van der Waals surface area contributed by atoms with Crippen LogP contribution in [-0.4, -0.2) is 49.2 Å². The molecule has 4 aromatic rings. The Morgan fingerprint density at radius 3 is 2.00 bits per heavy atom. The normalized spacial score (nSPS) is 11.9. The molecule has 12 heteroatoms. The molecule has 0 aliphatic rings. The van der Waals surface area contributed by atoms with E-state index in [1.54, 1.807) is 18.2 Å². The van der Waals surface area contributed by atoms with E-state index >= 15 is 0 Å². The van der Waals surface area contributed by atoms with Gasteiger partial charge in [-0.3, -0.25) is 24.0 Å². The molecule has 2 amide bonds. The molecular formula is C34H35BrN4O6S. The lowest BCUT2D eigenvalue weighted by molar-refractivity contribution is -0.384. The first-order chi connectivity index (χ1) is 22.0. The molecule has 10 nitrogen and oxygen atoms in total. The maximum atomic E-state index is 14.4. The lowest BCUT2D eigenvalue weighted by Crippen LogP contribution is -2.53. The van der Waals surface area contributed by atoms with Crippen LogP contribution in [0.5, 0.6) is 0 Å². The maximum Gasteiger partial charge on any atom is 0.269 e. The summed E-state index contributed by atoms with van der Waals surface area (Å²) >= 11 is 3.43. The van der Waals surface area contributed by atoms with Crippen molar-refractivity contribution in [3.8, 4) is 0 Å². The number of carbonyl (C=O) groups is 2. The van der Waals surface area contributed by atoms with Gasteiger partial charge in [-0.05, 0) is 53.4 Å². The van der Waals surface area contributed by atoms with E-state index in [0.29, 0.717) is 6.54 Å². The number of halogens is 1. The van der Waals surface area contributed by atoms with Crippen LogP contribution < -0.4 is 9.62 Å². The molecule has 1 N–H and O–H groups in total. The Bertz CT molecular complexity index is 1740. The van der Waals surface area contributed by atoms with Gasteiger partial charge in [0.05, 0.1) is 15.5 Å². The molecule has 0 aliphatic carbocycles. The first-order valence-electron chi connectivity index (χ1n) is 14.6. The van der Waals surface area contributed by atoms with Crippen LogP contribution in [-0.2, 0) is 32.6 Å². The van der Waals surface area contributed by atoms with Crippen molar-refractivity contribution in [2.24, 2.45) is 5.92 Å². The van der Waals surface area contributed by atoms with Crippen LogP contribution >= 0.6 is 15.9 Å². The Hall–Kier alpha value is -4.55. The fourth-order valence-corrected chi connectivity index (χ4v) is 6.45. The number of benzene rings is 4. The smallest absolute Gasteiger partial charge is 0.269 e. The Morgan fingerprint density at radius 2 is 1.43 bits per heavy atom. The van der Waals surface area contributed by atoms with E-state index < -0.39 is 33.4 Å². The molecule has 0 heterocycles. The molecule has 1 atom stereocenters. The highest BCUT2D eigenvalue weighted by Gasteiger charge is 2.34. The summed E-state index contributed by atoms with van der Waals surface area (Å²) in [4.78, 5) is 40.3. The predicted octanol–water partition coefficient (Wildman–Crippen LogP) is 5.96. The van der Waals surface area contributed by atoms with Gasteiger partial charge in [0.15, 0.2) is 0 Å². The zero-order valence-electron chi connectivity index (χ0n) is 25.5. The lowest BCUT2D eigenvalue weighted by Gasteiger charge is -2.34.